The van der Waals surface area contributed by atoms with Crippen molar-refractivity contribution >= 4 is 10.8 Å². The standard InChI is InChI=1S/C10H5F4NO/c11-5-1-2-6-7(3-5)8(10(12,13)14)4-15-9(6)16/h1-4H,(H,15,16). The number of hydrogen-bond donors (Lipinski definition) is 1. The first kappa shape index (κ1) is 10.7. The molecule has 0 aliphatic rings. The summed E-state index contributed by atoms with van der Waals surface area (Å²) in [5.74, 6) is -0.816. The maximum absolute atomic E-state index is 12.9. The molecule has 2 rings (SSSR count). The number of hydrogen-bond acceptors (Lipinski definition) is 1. The highest BCUT2D eigenvalue weighted by molar-refractivity contribution is 5.85. The van der Waals surface area contributed by atoms with Crippen LogP contribution in [0.25, 0.3) is 10.8 Å². The molecule has 1 aromatic heterocycles. The average Bonchev–Trinajstić information content (AvgIpc) is 2.15. The molecule has 0 amide bonds. The van der Waals surface area contributed by atoms with E-state index < -0.39 is 28.5 Å². The number of benzene rings is 1. The lowest BCUT2D eigenvalue weighted by Crippen LogP contribution is -2.13. The topological polar surface area (TPSA) is 32.9 Å². The van der Waals surface area contributed by atoms with Gasteiger partial charge in [0.25, 0.3) is 5.56 Å². The molecule has 2 aromatic rings. The van der Waals surface area contributed by atoms with Gasteiger partial charge in [-0.3, -0.25) is 4.79 Å². The Bertz CT molecular complexity index is 600. The second kappa shape index (κ2) is 3.33. The number of pyridine rings is 1. The van der Waals surface area contributed by atoms with Gasteiger partial charge in [0.05, 0.1) is 5.56 Å². The van der Waals surface area contributed by atoms with Crippen LogP contribution in [0.15, 0.2) is 29.2 Å². The van der Waals surface area contributed by atoms with Crippen molar-refractivity contribution in [2.75, 3.05) is 0 Å². The Morgan fingerprint density at radius 2 is 1.81 bits per heavy atom. The Hall–Kier alpha value is -1.85. The third-order valence-electron chi connectivity index (χ3n) is 2.17. The first-order valence-electron chi connectivity index (χ1n) is 4.28. The Balaban J connectivity index is 2.92. The van der Waals surface area contributed by atoms with Crippen LogP contribution in [0.3, 0.4) is 0 Å². The van der Waals surface area contributed by atoms with E-state index in [9.17, 15) is 22.4 Å². The number of H-pyrrole nitrogens is 1. The average molecular weight is 231 g/mol. The number of aromatic amines is 1. The van der Waals surface area contributed by atoms with Crippen molar-refractivity contribution in [3.63, 3.8) is 0 Å². The fourth-order valence-electron chi connectivity index (χ4n) is 1.47. The van der Waals surface area contributed by atoms with Gasteiger partial charge in [0.1, 0.15) is 5.82 Å². The Morgan fingerprint density at radius 1 is 1.12 bits per heavy atom. The van der Waals surface area contributed by atoms with Crippen molar-refractivity contribution in [2.24, 2.45) is 0 Å². The minimum Gasteiger partial charge on any atom is -0.328 e. The fraction of sp³-hybridized carbons (Fsp3) is 0.100. The van der Waals surface area contributed by atoms with Crippen molar-refractivity contribution in [3.05, 3.63) is 46.1 Å². The van der Waals surface area contributed by atoms with Gasteiger partial charge in [0, 0.05) is 17.0 Å². The molecule has 2 nitrogen and oxygen atoms in total. The molecule has 1 aromatic carbocycles. The van der Waals surface area contributed by atoms with Crippen LogP contribution in [0.2, 0.25) is 0 Å². The molecule has 1 N–H and O–H groups in total. The lowest BCUT2D eigenvalue weighted by atomic mass is 10.1. The summed E-state index contributed by atoms with van der Waals surface area (Å²) >= 11 is 0. The SMILES string of the molecule is O=c1[nH]cc(C(F)(F)F)c2cc(F)ccc12. The van der Waals surface area contributed by atoms with Gasteiger partial charge < -0.3 is 4.98 Å². The van der Waals surface area contributed by atoms with Gasteiger partial charge in [-0.05, 0) is 18.2 Å². The van der Waals surface area contributed by atoms with Crippen LogP contribution in [0.4, 0.5) is 17.6 Å². The number of alkyl halides is 3. The molecule has 0 saturated heterocycles. The monoisotopic (exact) mass is 231 g/mol. The normalized spacial score (nSPS) is 12.0. The van der Waals surface area contributed by atoms with E-state index in [0.29, 0.717) is 12.3 Å². The highest BCUT2D eigenvalue weighted by Gasteiger charge is 2.33. The van der Waals surface area contributed by atoms with Crippen molar-refractivity contribution in [1.82, 2.24) is 4.98 Å². The molecule has 0 atom stereocenters. The van der Waals surface area contributed by atoms with E-state index in [1.165, 1.54) is 0 Å². The fourth-order valence-corrected chi connectivity index (χ4v) is 1.47. The quantitative estimate of drug-likeness (QED) is 0.694. The molecule has 84 valence electrons. The predicted molar refractivity (Wildman–Crippen MR) is 49.5 cm³/mol. The van der Waals surface area contributed by atoms with Crippen molar-refractivity contribution in [3.8, 4) is 0 Å². The first-order valence-corrected chi connectivity index (χ1v) is 4.28. The van der Waals surface area contributed by atoms with Crippen LogP contribution in [0, 0.1) is 5.82 Å². The van der Waals surface area contributed by atoms with Crippen molar-refractivity contribution < 1.29 is 17.6 Å². The summed E-state index contributed by atoms with van der Waals surface area (Å²) < 4.78 is 50.5. The molecule has 0 saturated carbocycles. The zero-order chi connectivity index (χ0) is 11.9. The largest absolute Gasteiger partial charge is 0.418 e. The molecule has 0 radical (unpaired) electrons. The van der Waals surface area contributed by atoms with Gasteiger partial charge in [-0.15, -0.1) is 0 Å². The second-order valence-corrected chi connectivity index (χ2v) is 3.22. The molecule has 0 bridgehead atoms. The molecule has 6 heteroatoms. The molecular weight excluding hydrogens is 226 g/mol. The molecule has 0 aliphatic carbocycles. The maximum atomic E-state index is 12.9. The summed E-state index contributed by atoms with van der Waals surface area (Å²) in [4.78, 5) is 13.2. The van der Waals surface area contributed by atoms with Crippen LogP contribution >= 0.6 is 0 Å². The van der Waals surface area contributed by atoms with Gasteiger partial charge in [-0.25, -0.2) is 4.39 Å². The summed E-state index contributed by atoms with van der Waals surface area (Å²) in [6.45, 7) is 0. The number of aromatic nitrogens is 1. The van der Waals surface area contributed by atoms with E-state index in [1.54, 1.807) is 0 Å². The lowest BCUT2D eigenvalue weighted by Gasteiger charge is -2.09. The van der Waals surface area contributed by atoms with Crippen LogP contribution in [0.1, 0.15) is 5.56 Å². The number of rotatable bonds is 0. The second-order valence-electron chi connectivity index (χ2n) is 3.22. The number of nitrogens with one attached hydrogen (secondary N) is 1. The van der Waals surface area contributed by atoms with Crippen molar-refractivity contribution in [2.45, 2.75) is 6.18 Å². The molecule has 0 unspecified atom stereocenters. The summed E-state index contributed by atoms with van der Waals surface area (Å²) in [6.07, 6.45) is -4.08. The highest BCUT2D eigenvalue weighted by atomic mass is 19.4. The number of halogens is 4. The first-order chi connectivity index (χ1) is 7.39. The van der Waals surface area contributed by atoms with E-state index in [2.05, 4.69) is 0 Å². The summed E-state index contributed by atoms with van der Waals surface area (Å²) in [5, 5.41) is -0.618. The third-order valence-corrected chi connectivity index (χ3v) is 2.17. The molecular formula is C10H5F4NO. The van der Waals surface area contributed by atoms with E-state index in [1.807, 2.05) is 4.98 Å². The zero-order valence-electron chi connectivity index (χ0n) is 7.73. The van der Waals surface area contributed by atoms with Gasteiger partial charge in [0.15, 0.2) is 0 Å². The summed E-state index contributed by atoms with van der Waals surface area (Å²) in [6, 6.07) is 2.67. The number of fused-ring (bicyclic) bond motifs is 1. The van der Waals surface area contributed by atoms with Crippen LogP contribution in [-0.2, 0) is 6.18 Å². The van der Waals surface area contributed by atoms with E-state index >= 15 is 0 Å². The van der Waals surface area contributed by atoms with Gasteiger partial charge in [-0.2, -0.15) is 13.2 Å². The minimum atomic E-state index is -4.63. The van der Waals surface area contributed by atoms with Gasteiger partial charge in [0.2, 0.25) is 0 Å². The van der Waals surface area contributed by atoms with E-state index in [4.69, 9.17) is 0 Å². The lowest BCUT2D eigenvalue weighted by molar-refractivity contribution is -0.136. The third kappa shape index (κ3) is 1.66. The zero-order valence-corrected chi connectivity index (χ0v) is 7.73. The van der Waals surface area contributed by atoms with Crippen LogP contribution in [-0.4, -0.2) is 4.98 Å². The summed E-state index contributed by atoms with van der Waals surface area (Å²) in [7, 11) is 0. The van der Waals surface area contributed by atoms with Crippen LogP contribution < -0.4 is 5.56 Å². The Labute approximate surface area is 86.5 Å². The molecule has 16 heavy (non-hydrogen) atoms. The molecule has 1 heterocycles. The van der Waals surface area contributed by atoms with Crippen LogP contribution in [0.5, 0.6) is 0 Å². The smallest absolute Gasteiger partial charge is 0.328 e. The van der Waals surface area contributed by atoms with Gasteiger partial charge in [-0.1, -0.05) is 0 Å². The highest BCUT2D eigenvalue weighted by Crippen LogP contribution is 2.33. The minimum absolute atomic E-state index is 0.184. The Kier molecular flexibility index (Phi) is 2.22. The van der Waals surface area contributed by atoms with E-state index in [0.717, 1.165) is 12.1 Å². The predicted octanol–water partition coefficient (Wildman–Crippen LogP) is 2.69. The van der Waals surface area contributed by atoms with E-state index in [-0.39, 0.29) is 5.39 Å². The molecule has 0 aliphatic heterocycles. The molecule has 0 fully saturated rings. The Morgan fingerprint density at radius 3 is 2.44 bits per heavy atom. The summed E-state index contributed by atoms with van der Waals surface area (Å²) in [5.41, 5.74) is -1.73. The maximum Gasteiger partial charge on any atom is 0.418 e. The van der Waals surface area contributed by atoms with Gasteiger partial charge >= 0.3 is 6.18 Å². The molecule has 0 spiro atoms. The van der Waals surface area contributed by atoms with Crippen molar-refractivity contribution in [1.29, 1.82) is 0 Å².